The first-order valence-corrected chi connectivity index (χ1v) is 9.93. The van der Waals surface area contributed by atoms with Crippen molar-refractivity contribution in [1.29, 1.82) is 0 Å². The third kappa shape index (κ3) is 5.99. The van der Waals surface area contributed by atoms with Gasteiger partial charge < -0.3 is 20.3 Å². The Labute approximate surface area is 174 Å². The molecule has 0 aliphatic carbocycles. The van der Waals surface area contributed by atoms with E-state index in [-0.39, 0.29) is 22.7 Å². The average molecular weight is 448 g/mol. The number of rotatable bonds is 7. The summed E-state index contributed by atoms with van der Waals surface area (Å²) in [5.74, 6) is 0.0323. The molecule has 1 atom stereocenters. The highest BCUT2D eigenvalue weighted by Crippen LogP contribution is 2.28. The molecule has 7 heteroatoms. The fraction of sp³-hybridized carbons (Fsp3) is 0.333. The molecule has 2 aromatic carbocycles. The van der Waals surface area contributed by atoms with Crippen LogP contribution in [0.1, 0.15) is 31.1 Å². The molecular formula is C21H26BrN3O3. The Bertz CT molecular complexity index is 833. The number of ether oxygens (including phenoxy) is 1. The zero-order valence-electron chi connectivity index (χ0n) is 16.7. The van der Waals surface area contributed by atoms with Crippen LogP contribution in [0.4, 0.5) is 17.1 Å². The van der Waals surface area contributed by atoms with Gasteiger partial charge in [-0.05, 0) is 63.2 Å². The summed E-state index contributed by atoms with van der Waals surface area (Å²) in [6.07, 6.45) is -0.0630. The van der Waals surface area contributed by atoms with Crippen molar-refractivity contribution in [3.05, 3.63) is 48.0 Å². The summed E-state index contributed by atoms with van der Waals surface area (Å²) in [7, 11) is 3.91. The summed E-state index contributed by atoms with van der Waals surface area (Å²) < 4.78 is 5.75. The molecule has 0 fully saturated rings. The minimum atomic E-state index is -0.368. The quantitative estimate of drug-likeness (QED) is 0.612. The van der Waals surface area contributed by atoms with Gasteiger partial charge in [0.05, 0.1) is 16.6 Å². The van der Waals surface area contributed by atoms with Gasteiger partial charge in [-0.25, -0.2) is 0 Å². The normalized spacial score (nSPS) is 11.7. The van der Waals surface area contributed by atoms with E-state index in [2.05, 4.69) is 26.6 Å². The molecule has 150 valence electrons. The number of benzene rings is 2. The van der Waals surface area contributed by atoms with Crippen molar-refractivity contribution < 1.29 is 14.3 Å². The van der Waals surface area contributed by atoms with E-state index in [1.165, 1.54) is 0 Å². The molecule has 0 radical (unpaired) electrons. The molecule has 0 bridgehead atoms. The van der Waals surface area contributed by atoms with Gasteiger partial charge in [-0.1, -0.05) is 15.9 Å². The van der Waals surface area contributed by atoms with E-state index >= 15 is 0 Å². The first-order valence-electron chi connectivity index (χ1n) is 9.01. The number of halogens is 1. The maximum absolute atomic E-state index is 12.7. The fourth-order valence-corrected chi connectivity index (χ4v) is 2.52. The van der Waals surface area contributed by atoms with Crippen molar-refractivity contribution in [2.45, 2.75) is 31.7 Å². The Morgan fingerprint density at radius 1 is 1.00 bits per heavy atom. The van der Waals surface area contributed by atoms with E-state index in [1.54, 1.807) is 25.1 Å². The van der Waals surface area contributed by atoms with Gasteiger partial charge in [0.25, 0.3) is 5.91 Å². The van der Waals surface area contributed by atoms with Crippen LogP contribution in [-0.2, 0) is 4.79 Å². The van der Waals surface area contributed by atoms with Crippen molar-refractivity contribution >= 4 is 44.8 Å². The Morgan fingerprint density at radius 3 is 2.18 bits per heavy atom. The van der Waals surface area contributed by atoms with Crippen molar-refractivity contribution in [2.24, 2.45) is 0 Å². The van der Waals surface area contributed by atoms with E-state index in [4.69, 9.17) is 4.74 Å². The second-order valence-corrected chi connectivity index (χ2v) is 8.25. The maximum atomic E-state index is 12.7. The number of nitrogens with zero attached hydrogens (tertiary/aromatic N) is 1. The Balaban J connectivity index is 2.23. The standard InChI is InChI=1S/C21H26BrN3O3/c1-13(2)28-19-11-6-15(12-18(19)24-20(26)14(3)22)21(27)23-16-7-9-17(10-8-16)25(4)5/h6-14H,1-5H3,(H,23,27)(H,24,26). The molecule has 2 aromatic rings. The molecule has 0 aromatic heterocycles. The van der Waals surface area contributed by atoms with Crippen LogP contribution in [0.15, 0.2) is 42.5 Å². The van der Waals surface area contributed by atoms with Crippen LogP contribution in [0.3, 0.4) is 0 Å². The van der Waals surface area contributed by atoms with Gasteiger partial charge >= 0.3 is 0 Å². The zero-order chi connectivity index (χ0) is 20.8. The number of hydrogen-bond acceptors (Lipinski definition) is 4. The molecule has 2 N–H and O–H groups in total. The minimum absolute atomic E-state index is 0.0630. The first-order chi connectivity index (χ1) is 13.2. The third-order valence-electron chi connectivity index (χ3n) is 3.87. The molecule has 0 heterocycles. The van der Waals surface area contributed by atoms with Crippen LogP contribution in [0, 0.1) is 0 Å². The average Bonchev–Trinajstić information content (AvgIpc) is 2.62. The zero-order valence-corrected chi connectivity index (χ0v) is 18.3. The van der Waals surface area contributed by atoms with E-state index in [1.807, 2.05) is 57.1 Å². The highest BCUT2D eigenvalue weighted by Gasteiger charge is 2.16. The van der Waals surface area contributed by atoms with Gasteiger partial charge in [0.15, 0.2) is 0 Å². The van der Waals surface area contributed by atoms with E-state index < -0.39 is 0 Å². The summed E-state index contributed by atoms with van der Waals surface area (Å²) >= 11 is 3.24. The number of amides is 2. The number of nitrogens with one attached hydrogen (secondary N) is 2. The number of carbonyl (C=O) groups is 2. The number of alkyl halides is 1. The Morgan fingerprint density at radius 2 is 1.64 bits per heavy atom. The molecule has 1 unspecified atom stereocenters. The largest absolute Gasteiger partial charge is 0.489 e. The van der Waals surface area contributed by atoms with Crippen LogP contribution in [0.5, 0.6) is 5.75 Å². The lowest BCUT2D eigenvalue weighted by molar-refractivity contribution is -0.115. The second-order valence-electron chi connectivity index (χ2n) is 6.88. The van der Waals surface area contributed by atoms with Gasteiger partial charge in [-0.15, -0.1) is 0 Å². The highest BCUT2D eigenvalue weighted by atomic mass is 79.9. The van der Waals surface area contributed by atoms with E-state index in [0.29, 0.717) is 22.7 Å². The van der Waals surface area contributed by atoms with Crippen LogP contribution in [0.25, 0.3) is 0 Å². The summed E-state index contributed by atoms with van der Waals surface area (Å²) in [5, 5.41) is 5.67. The monoisotopic (exact) mass is 447 g/mol. The Hall–Kier alpha value is -2.54. The topological polar surface area (TPSA) is 70.7 Å². The lowest BCUT2D eigenvalue weighted by atomic mass is 10.1. The molecule has 0 spiro atoms. The van der Waals surface area contributed by atoms with Gasteiger partial charge in [0.2, 0.25) is 5.91 Å². The number of carbonyl (C=O) groups excluding carboxylic acids is 2. The lowest BCUT2D eigenvalue weighted by Crippen LogP contribution is -2.21. The number of anilines is 3. The van der Waals surface area contributed by atoms with E-state index in [9.17, 15) is 9.59 Å². The third-order valence-corrected chi connectivity index (χ3v) is 4.28. The number of hydrogen-bond donors (Lipinski definition) is 2. The van der Waals surface area contributed by atoms with Crippen LogP contribution < -0.4 is 20.3 Å². The van der Waals surface area contributed by atoms with Gasteiger partial charge in [0.1, 0.15) is 5.75 Å². The molecule has 0 saturated heterocycles. The predicted octanol–water partition coefficient (Wildman–Crippen LogP) is 4.51. The molecule has 2 amide bonds. The van der Waals surface area contributed by atoms with Crippen molar-refractivity contribution in [2.75, 3.05) is 29.6 Å². The molecule has 0 aliphatic heterocycles. The summed E-state index contributed by atoms with van der Waals surface area (Å²) in [5.41, 5.74) is 2.62. The summed E-state index contributed by atoms with van der Waals surface area (Å²) in [4.78, 5) is 26.4. The Kier molecular flexibility index (Phi) is 7.45. The molecule has 0 saturated carbocycles. The summed E-state index contributed by atoms with van der Waals surface area (Å²) in [6, 6.07) is 12.5. The molecular weight excluding hydrogens is 422 g/mol. The molecule has 28 heavy (non-hydrogen) atoms. The van der Waals surface area contributed by atoms with E-state index in [0.717, 1.165) is 5.69 Å². The maximum Gasteiger partial charge on any atom is 0.255 e. The SMILES string of the molecule is CC(C)Oc1ccc(C(=O)Nc2ccc(N(C)C)cc2)cc1NC(=O)C(C)Br. The molecule has 0 aliphatic rings. The van der Waals surface area contributed by atoms with Crippen LogP contribution >= 0.6 is 15.9 Å². The van der Waals surface area contributed by atoms with Gasteiger partial charge in [0, 0.05) is 31.0 Å². The summed E-state index contributed by atoms with van der Waals surface area (Å²) in [6.45, 7) is 5.53. The molecule has 6 nitrogen and oxygen atoms in total. The van der Waals surface area contributed by atoms with Crippen LogP contribution in [-0.4, -0.2) is 36.8 Å². The lowest BCUT2D eigenvalue weighted by Gasteiger charge is -2.17. The van der Waals surface area contributed by atoms with Crippen molar-refractivity contribution in [3.63, 3.8) is 0 Å². The predicted molar refractivity (Wildman–Crippen MR) is 118 cm³/mol. The fourth-order valence-electron chi connectivity index (χ4n) is 2.40. The highest BCUT2D eigenvalue weighted by molar-refractivity contribution is 9.10. The van der Waals surface area contributed by atoms with Crippen LogP contribution in [0.2, 0.25) is 0 Å². The van der Waals surface area contributed by atoms with Crippen molar-refractivity contribution in [1.82, 2.24) is 0 Å². The smallest absolute Gasteiger partial charge is 0.255 e. The minimum Gasteiger partial charge on any atom is -0.489 e. The van der Waals surface area contributed by atoms with Gasteiger partial charge in [-0.3, -0.25) is 9.59 Å². The van der Waals surface area contributed by atoms with Crippen molar-refractivity contribution in [3.8, 4) is 5.75 Å². The first kappa shape index (κ1) is 21.8. The van der Waals surface area contributed by atoms with Gasteiger partial charge in [-0.2, -0.15) is 0 Å². The second kappa shape index (κ2) is 9.59. The molecule has 2 rings (SSSR count).